The van der Waals surface area contributed by atoms with Crippen molar-refractivity contribution in [2.75, 3.05) is 40.5 Å². The molecule has 0 saturated heterocycles. The standard InChI is InChI=1S/C26H32N4O5/c1-18-15-30(19(2)17-31)26(33)22-12-21(6-5-11-34-4)14-28-25(22)35-23(18)16-29(3)24(32)13-20-7-9-27-10-8-20/h7-10,12,14,18-19,23,31H,11,13,15-17H2,1-4H3/t18-,19-,23+/m0/s1. The van der Waals surface area contributed by atoms with Crippen LogP contribution in [0.15, 0.2) is 36.8 Å². The summed E-state index contributed by atoms with van der Waals surface area (Å²) in [5.74, 6) is 5.51. The average molecular weight is 481 g/mol. The molecule has 186 valence electrons. The van der Waals surface area contributed by atoms with Gasteiger partial charge in [-0.1, -0.05) is 18.8 Å². The normalized spacial score (nSPS) is 18.3. The molecule has 2 aromatic heterocycles. The van der Waals surface area contributed by atoms with Crippen LogP contribution in [0.4, 0.5) is 0 Å². The molecular weight excluding hydrogens is 448 g/mol. The number of nitrogens with zero attached hydrogens (tertiary/aromatic N) is 4. The maximum absolute atomic E-state index is 13.4. The summed E-state index contributed by atoms with van der Waals surface area (Å²) in [4.78, 5) is 37.9. The van der Waals surface area contributed by atoms with E-state index in [1.807, 2.05) is 19.1 Å². The Kier molecular flexibility index (Phi) is 9.18. The number of amides is 2. The van der Waals surface area contributed by atoms with E-state index in [1.54, 1.807) is 55.5 Å². The van der Waals surface area contributed by atoms with E-state index in [1.165, 1.54) is 0 Å². The molecule has 35 heavy (non-hydrogen) atoms. The van der Waals surface area contributed by atoms with Gasteiger partial charge in [0.2, 0.25) is 11.8 Å². The van der Waals surface area contributed by atoms with Gasteiger partial charge in [0.1, 0.15) is 18.3 Å². The highest BCUT2D eigenvalue weighted by Crippen LogP contribution is 2.27. The van der Waals surface area contributed by atoms with Crippen molar-refractivity contribution in [2.45, 2.75) is 32.4 Å². The minimum atomic E-state index is -0.417. The van der Waals surface area contributed by atoms with E-state index in [2.05, 4.69) is 21.8 Å². The van der Waals surface area contributed by atoms with Crippen molar-refractivity contribution in [2.24, 2.45) is 5.92 Å². The van der Waals surface area contributed by atoms with Gasteiger partial charge < -0.3 is 24.4 Å². The summed E-state index contributed by atoms with van der Waals surface area (Å²) < 4.78 is 11.2. The maximum Gasteiger partial charge on any atom is 0.259 e. The largest absolute Gasteiger partial charge is 0.472 e. The van der Waals surface area contributed by atoms with Crippen molar-refractivity contribution in [3.63, 3.8) is 0 Å². The summed E-state index contributed by atoms with van der Waals surface area (Å²) in [5, 5.41) is 9.79. The average Bonchev–Trinajstić information content (AvgIpc) is 2.86. The molecule has 0 fully saturated rings. The molecule has 0 aromatic carbocycles. The van der Waals surface area contributed by atoms with Gasteiger partial charge in [0, 0.05) is 50.8 Å². The highest BCUT2D eigenvalue weighted by atomic mass is 16.5. The quantitative estimate of drug-likeness (QED) is 0.597. The summed E-state index contributed by atoms with van der Waals surface area (Å²) in [5.41, 5.74) is 1.72. The lowest BCUT2D eigenvalue weighted by Crippen LogP contribution is -2.50. The van der Waals surface area contributed by atoms with Crippen molar-refractivity contribution >= 4 is 11.8 Å². The van der Waals surface area contributed by atoms with Gasteiger partial charge in [0.15, 0.2) is 0 Å². The molecule has 0 aliphatic carbocycles. The third kappa shape index (κ3) is 6.78. The van der Waals surface area contributed by atoms with E-state index in [0.29, 0.717) is 18.7 Å². The second-order valence-electron chi connectivity index (χ2n) is 8.74. The molecule has 9 heteroatoms. The Balaban J connectivity index is 1.87. The molecule has 3 rings (SSSR count). The predicted molar refractivity (Wildman–Crippen MR) is 130 cm³/mol. The van der Waals surface area contributed by atoms with E-state index in [9.17, 15) is 14.7 Å². The Labute approximate surface area is 206 Å². The molecular formula is C26H32N4O5. The van der Waals surface area contributed by atoms with Crippen LogP contribution in [0, 0.1) is 17.8 Å². The molecule has 0 bridgehead atoms. The SMILES string of the molecule is COCC#Cc1cnc2c(c1)C(=O)N([C@@H](C)CO)C[C@H](C)[C@@H](CN(C)C(=O)Cc1ccncc1)O2. The number of carbonyl (C=O) groups is 2. The van der Waals surface area contributed by atoms with Crippen LogP contribution in [-0.4, -0.2) is 89.3 Å². The van der Waals surface area contributed by atoms with E-state index >= 15 is 0 Å². The molecule has 1 N–H and O–H groups in total. The monoisotopic (exact) mass is 480 g/mol. The Morgan fingerprint density at radius 2 is 2.14 bits per heavy atom. The summed E-state index contributed by atoms with van der Waals surface area (Å²) in [6, 6.07) is 4.88. The second kappa shape index (κ2) is 12.3. The smallest absolute Gasteiger partial charge is 0.259 e. The number of pyridine rings is 2. The highest BCUT2D eigenvalue weighted by molar-refractivity contribution is 5.97. The summed E-state index contributed by atoms with van der Waals surface area (Å²) in [7, 11) is 3.29. The minimum absolute atomic E-state index is 0.0531. The zero-order valence-electron chi connectivity index (χ0n) is 20.6. The molecule has 2 amide bonds. The maximum atomic E-state index is 13.4. The van der Waals surface area contributed by atoms with Gasteiger partial charge in [-0.05, 0) is 30.7 Å². The first-order chi connectivity index (χ1) is 16.8. The Morgan fingerprint density at radius 1 is 1.40 bits per heavy atom. The fourth-order valence-electron chi connectivity index (χ4n) is 3.78. The van der Waals surface area contributed by atoms with Crippen LogP contribution < -0.4 is 4.74 Å². The molecule has 1 aliphatic heterocycles. The Morgan fingerprint density at radius 3 is 2.83 bits per heavy atom. The van der Waals surface area contributed by atoms with Gasteiger partial charge in [-0.15, -0.1) is 0 Å². The molecule has 0 saturated carbocycles. The van der Waals surface area contributed by atoms with Crippen molar-refractivity contribution in [3.05, 3.63) is 53.5 Å². The van der Waals surface area contributed by atoms with Gasteiger partial charge in [-0.3, -0.25) is 14.6 Å². The number of rotatable bonds is 7. The highest BCUT2D eigenvalue weighted by Gasteiger charge is 2.34. The first-order valence-corrected chi connectivity index (χ1v) is 11.5. The number of aromatic nitrogens is 2. The molecule has 0 radical (unpaired) electrons. The fraction of sp³-hybridized carbons (Fsp3) is 0.462. The van der Waals surface area contributed by atoms with Crippen molar-refractivity contribution in [3.8, 4) is 17.7 Å². The molecule has 0 unspecified atom stereocenters. The van der Waals surface area contributed by atoms with Crippen LogP contribution in [0.1, 0.15) is 35.3 Å². The predicted octanol–water partition coefficient (Wildman–Crippen LogP) is 1.40. The summed E-state index contributed by atoms with van der Waals surface area (Å²) in [6.07, 6.45) is 4.71. The number of hydrogen-bond donors (Lipinski definition) is 1. The number of carbonyl (C=O) groups excluding carboxylic acids is 2. The zero-order valence-corrected chi connectivity index (χ0v) is 20.6. The first kappa shape index (κ1) is 26.1. The van der Waals surface area contributed by atoms with E-state index < -0.39 is 12.1 Å². The van der Waals surface area contributed by atoms with Crippen molar-refractivity contribution in [1.82, 2.24) is 19.8 Å². The minimum Gasteiger partial charge on any atom is -0.472 e. The number of ether oxygens (including phenoxy) is 2. The summed E-state index contributed by atoms with van der Waals surface area (Å²) in [6.45, 7) is 4.51. The summed E-state index contributed by atoms with van der Waals surface area (Å²) >= 11 is 0. The lowest BCUT2D eigenvalue weighted by atomic mass is 9.99. The molecule has 9 nitrogen and oxygen atoms in total. The third-order valence-electron chi connectivity index (χ3n) is 5.95. The fourth-order valence-corrected chi connectivity index (χ4v) is 3.78. The van der Waals surface area contributed by atoms with Crippen LogP contribution in [0.25, 0.3) is 0 Å². The van der Waals surface area contributed by atoms with Crippen LogP contribution in [-0.2, 0) is 16.0 Å². The van der Waals surface area contributed by atoms with Crippen LogP contribution in [0.5, 0.6) is 5.88 Å². The first-order valence-electron chi connectivity index (χ1n) is 11.5. The lowest BCUT2D eigenvalue weighted by molar-refractivity contribution is -0.130. The lowest BCUT2D eigenvalue weighted by Gasteiger charge is -2.37. The Bertz CT molecular complexity index is 1080. The van der Waals surface area contributed by atoms with E-state index in [-0.39, 0.29) is 48.8 Å². The molecule has 2 aromatic rings. The number of aliphatic hydroxyl groups is 1. The van der Waals surface area contributed by atoms with Gasteiger partial charge in [-0.2, -0.15) is 0 Å². The number of methoxy groups -OCH3 is 1. The van der Waals surface area contributed by atoms with Crippen LogP contribution in [0.3, 0.4) is 0 Å². The molecule has 3 atom stereocenters. The van der Waals surface area contributed by atoms with E-state index in [4.69, 9.17) is 9.47 Å². The Hall–Kier alpha value is -3.48. The van der Waals surface area contributed by atoms with Crippen LogP contribution >= 0.6 is 0 Å². The molecule has 3 heterocycles. The van der Waals surface area contributed by atoms with Crippen molar-refractivity contribution < 1.29 is 24.2 Å². The molecule has 1 aliphatic rings. The zero-order chi connectivity index (χ0) is 25.4. The number of hydrogen-bond acceptors (Lipinski definition) is 7. The number of fused-ring (bicyclic) bond motifs is 1. The van der Waals surface area contributed by atoms with Gasteiger partial charge >= 0.3 is 0 Å². The van der Waals surface area contributed by atoms with E-state index in [0.717, 1.165) is 5.56 Å². The third-order valence-corrected chi connectivity index (χ3v) is 5.95. The van der Waals surface area contributed by atoms with Gasteiger partial charge in [0.25, 0.3) is 5.91 Å². The van der Waals surface area contributed by atoms with Crippen molar-refractivity contribution in [1.29, 1.82) is 0 Å². The second-order valence-corrected chi connectivity index (χ2v) is 8.74. The topological polar surface area (TPSA) is 105 Å². The molecule has 0 spiro atoms. The number of likely N-dealkylation sites (N-methyl/N-ethyl adjacent to an activating group) is 1. The van der Waals surface area contributed by atoms with Gasteiger partial charge in [0.05, 0.1) is 25.6 Å². The van der Waals surface area contributed by atoms with Crippen LogP contribution in [0.2, 0.25) is 0 Å². The van der Waals surface area contributed by atoms with Gasteiger partial charge in [-0.25, -0.2) is 4.98 Å². The number of aliphatic hydroxyl groups excluding tert-OH is 1.